The Labute approximate surface area is 139 Å². The maximum Gasteiger partial charge on any atom is 0.258 e. The topological polar surface area (TPSA) is 68.8 Å². The van der Waals surface area contributed by atoms with E-state index in [-0.39, 0.29) is 12.2 Å². The molecule has 6 heteroatoms. The van der Waals surface area contributed by atoms with Crippen molar-refractivity contribution in [2.24, 2.45) is 0 Å². The van der Waals surface area contributed by atoms with Crippen LogP contribution in [0.2, 0.25) is 0 Å². The van der Waals surface area contributed by atoms with Gasteiger partial charge in [0.15, 0.2) is 0 Å². The molecule has 0 amide bonds. The Morgan fingerprint density at radius 3 is 2.67 bits per heavy atom. The Hall–Kier alpha value is -2.60. The fraction of sp³-hybridized carbons (Fsp3) is 0.333. The fourth-order valence-electron chi connectivity index (χ4n) is 2.67. The molecule has 2 heterocycles. The summed E-state index contributed by atoms with van der Waals surface area (Å²) in [6, 6.07) is 10.7. The zero-order valence-corrected chi connectivity index (χ0v) is 13.8. The number of benzene rings is 1. The number of ether oxygens (including phenoxy) is 1. The van der Waals surface area contributed by atoms with Crippen LogP contribution in [0.4, 0.5) is 0 Å². The molecular weight excluding hydrogens is 306 g/mol. The van der Waals surface area contributed by atoms with Gasteiger partial charge in [-0.3, -0.25) is 9.36 Å². The molecule has 3 aromatic rings. The second kappa shape index (κ2) is 6.88. The van der Waals surface area contributed by atoms with Crippen LogP contribution in [0, 0.1) is 0 Å². The van der Waals surface area contributed by atoms with E-state index in [0.29, 0.717) is 5.75 Å². The fourth-order valence-corrected chi connectivity index (χ4v) is 2.67. The van der Waals surface area contributed by atoms with Gasteiger partial charge in [-0.2, -0.15) is 5.10 Å². The second-order valence-electron chi connectivity index (χ2n) is 5.81. The van der Waals surface area contributed by atoms with Crippen molar-refractivity contribution in [3.8, 4) is 11.4 Å². The maximum atomic E-state index is 12.6. The minimum atomic E-state index is -0.523. The zero-order valence-electron chi connectivity index (χ0n) is 13.8. The van der Waals surface area contributed by atoms with E-state index in [1.165, 1.54) is 0 Å². The van der Waals surface area contributed by atoms with Gasteiger partial charge in [0.2, 0.25) is 0 Å². The predicted octanol–water partition coefficient (Wildman–Crippen LogP) is 2.20. The predicted molar refractivity (Wildman–Crippen MR) is 92.0 cm³/mol. The minimum Gasteiger partial charge on any atom is -0.491 e. The summed E-state index contributed by atoms with van der Waals surface area (Å²) in [5.74, 6) is 0.653. The number of aryl methyl sites for hydroxylation is 1. The first-order valence-corrected chi connectivity index (χ1v) is 8.10. The van der Waals surface area contributed by atoms with Crippen LogP contribution in [-0.2, 0) is 6.42 Å². The summed E-state index contributed by atoms with van der Waals surface area (Å²) in [7, 11) is 0. The first-order valence-electron chi connectivity index (χ1n) is 8.10. The van der Waals surface area contributed by atoms with Crippen LogP contribution in [0.15, 0.2) is 47.4 Å². The van der Waals surface area contributed by atoms with Gasteiger partial charge in [0.25, 0.3) is 5.56 Å². The molecule has 0 aliphatic carbocycles. The zero-order chi connectivity index (χ0) is 17.1. The quantitative estimate of drug-likeness (QED) is 0.753. The molecule has 0 radical (unpaired) electrons. The van der Waals surface area contributed by atoms with Crippen molar-refractivity contribution in [3.63, 3.8) is 0 Å². The largest absolute Gasteiger partial charge is 0.491 e. The lowest BCUT2D eigenvalue weighted by molar-refractivity contribution is 0.123. The lowest BCUT2D eigenvalue weighted by atomic mass is 10.2. The van der Waals surface area contributed by atoms with Gasteiger partial charge in [-0.1, -0.05) is 13.3 Å². The number of aliphatic hydroxyl groups excluding tert-OH is 1. The molecule has 2 aromatic heterocycles. The normalized spacial score (nSPS) is 12.5. The highest BCUT2D eigenvalue weighted by Crippen LogP contribution is 2.17. The summed E-state index contributed by atoms with van der Waals surface area (Å²) in [5.41, 5.74) is 2.32. The molecule has 0 saturated heterocycles. The number of hydrogen-bond donors (Lipinski definition) is 1. The summed E-state index contributed by atoms with van der Waals surface area (Å²) in [6.07, 6.45) is 2.93. The van der Waals surface area contributed by atoms with Gasteiger partial charge in [-0.05, 0) is 37.6 Å². The lowest BCUT2D eigenvalue weighted by Crippen LogP contribution is -2.22. The van der Waals surface area contributed by atoms with E-state index in [4.69, 9.17) is 4.74 Å². The maximum absolute atomic E-state index is 12.6. The molecule has 0 fully saturated rings. The molecule has 1 N–H and O–H groups in total. The van der Waals surface area contributed by atoms with E-state index < -0.39 is 6.10 Å². The molecular formula is C18H21N3O3. The number of rotatable bonds is 6. The van der Waals surface area contributed by atoms with Crippen molar-refractivity contribution in [1.82, 2.24) is 14.2 Å². The molecule has 126 valence electrons. The molecule has 1 aromatic carbocycles. The average molecular weight is 327 g/mol. The van der Waals surface area contributed by atoms with Gasteiger partial charge in [-0.15, -0.1) is 0 Å². The minimum absolute atomic E-state index is 0.0795. The van der Waals surface area contributed by atoms with Crippen molar-refractivity contribution >= 4 is 5.65 Å². The van der Waals surface area contributed by atoms with Crippen LogP contribution < -0.4 is 10.3 Å². The molecule has 0 aliphatic heterocycles. The Kier molecular flexibility index (Phi) is 4.66. The van der Waals surface area contributed by atoms with E-state index in [2.05, 4.69) is 12.0 Å². The van der Waals surface area contributed by atoms with Crippen LogP contribution in [0.1, 0.15) is 26.0 Å². The van der Waals surface area contributed by atoms with Gasteiger partial charge in [0, 0.05) is 17.8 Å². The van der Waals surface area contributed by atoms with Crippen LogP contribution in [0.25, 0.3) is 11.3 Å². The number of hydrogen-bond acceptors (Lipinski definition) is 4. The molecule has 0 bridgehead atoms. The number of aliphatic hydroxyl groups is 1. The summed E-state index contributed by atoms with van der Waals surface area (Å²) >= 11 is 0. The van der Waals surface area contributed by atoms with Crippen LogP contribution >= 0.6 is 0 Å². The molecule has 1 unspecified atom stereocenters. The van der Waals surface area contributed by atoms with E-state index in [1.54, 1.807) is 35.9 Å². The Morgan fingerprint density at radius 1 is 1.25 bits per heavy atom. The smallest absolute Gasteiger partial charge is 0.258 e. The van der Waals surface area contributed by atoms with E-state index in [9.17, 15) is 9.90 Å². The van der Waals surface area contributed by atoms with Gasteiger partial charge in [0.1, 0.15) is 18.0 Å². The van der Waals surface area contributed by atoms with Crippen molar-refractivity contribution < 1.29 is 9.84 Å². The SMILES string of the molecule is CCCc1cc(=O)n(-c2ccc(OCC(C)O)cc2)c2ccnn12. The van der Waals surface area contributed by atoms with Gasteiger partial charge < -0.3 is 9.84 Å². The summed E-state index contributed by atoms with van der Waals surface area (Å²) in [5, 5.41) is 13.6. The molecule has 1 atom stereocenters. The number of fused-ring (bicyclic) bond motifs is 1. The molecule has 0 aliphatic rings. The molecule has 3 rings (SSSR count). The Bertz CT molecular complexity index is 879. The highest BCUT2D eigenvalue weighted by molar-refractivity contribution is 5.49. The Balaban J connectivity index is 2.00. The number of aromatic nitrogens is 3. The Morgan fingerprint density at radius 2 is 2.00 bits per heavy atom. The van der Waals surface area contributed by atoms with E-state index in [1.807, 2.05) is 22.7 Å². The third-order valence-electron chi connectivity index (χ3n) is 3.73. The van der Waals surface area contributed by atoms with Crippen molar-refractivity contribution in [2.45, 2.75) is 32.8 Å². The van der Waals surface area contributed by atoms with Crippen LogP contribution in [-0.4, -0.2) is 32.0 Å². The molecule has 24 heavy (non-hydrogen) atoms. The van der Waals surface area contributed by atoms with Gasteiger partial charge >= 0.3 is 0 Å². The lowest BCUT2D eigenvalue weighted by Gasteiger charge is -2.12. The van der Waals surface area contributed by atoms with Crippen molar-refractivity contribution in [2.75, 3.05) is 6.61 Å². The van der Waals surface area contributed by atoms with Crippen molar-refractivity contribution in [3.05, 3.63) is 58.6 Å². The highest BCUT2D eigenvalue weighted by Gasteiger charge is 2.11. The van der Waals surface area contributed by atoms with E-state index >= 15 is 0 Å². The van der Waals surface area contributed by atoms with Crippen LogP contribution in [0.5, 0.6) is 5.75 Å². The number of nitrogens with zero attached hydrogens (tertiary/aromatic N) is 3. The summed E-state index contributed by atoms with van der Waals surface area (Å²) < 4.78 is 8.89. The molecule has 0 spiro atoms. The van der Waals surface area contributed by atoms with Gasteiger partial charge in [0.05, 0.1) is 18.0 Å². The molecule has 0 saturated carbocycles. The first kappa shape index (κ1) is 16.3. The highest BCUT2D eigenvalue weighted by atomic mass is 16.5. The monoisotopic (exact) mass is 327 g/mol. The van der Waals surface area contributed by atoms with Gasteiger partial charge in [-0.25, -0.2) is 4.52 Å². The summed E-state index contributed by atoms with van der Waals surface area (Å²) in [6.45, 7) is 3.98. The second-order valence-corrected chi connectivity index (χ2v) is 5.81. The standard InChI is InChI=1S/C18H21N3O3/c1-3-4-15-11-18(23)20(17-9-10-19-21(15)17)14-5-7-16(8-6-14)24-12-13(2)22/h5-11,13,22H,3-4,12H2,1-2H3. The van der Waals surface area contributed by atoms with Crippen LogP contribution in [0.3, 0.4) is 0 Å². The van der Waals surface area contributed by atoms with E-state index in [0.717, 1.165) is 29.9 Å². The third kappa shape index (κ3) is 3.19. The first-order chi connectivity index (χ1) is 11.6. The third-order valence-corrected chi connectivity index (χ3v) is 3.73. The molecule has 6 nitrogen and oxygen atoms in total. The summed E-state index contributed by atoms with van der Waals surface area (Å²) in [4.78, 5) is 12.6. The average Bonchev–Trinajstić information content (AvgIpc) is 3.03. The van der Waals surface area contributed by atoms with Crippen molar-refractivity contribution in [1.29, 1.82) is 0 Å².